The third-order valence-electron chi connectivity index (χ3n) is 2.20. The fourth-order valence-electron chi connectivity index (χ4n) is 1.10. The number of halogens is 1. The van der Waals surface area contributed by atoms with Crippen LogP contribution >= 0.6 is 11.6 Å². The molecule has 0 heterocycles. The summed E-state index contributed by atoms with van der Waals surface area (Å²) in [7, 11) is 0. The molecular weight excluding hydrogens is 174 g/mol. The molecule has 0 amide bonds. The van der Waals surface area contributed by atoms with Gasteiger partial charge in [-0.2, -0.15) is 0 Å². The van der Waals surface area contributed by atoms with E-state index in [-0.39, 0.29) is 5.41 Å². The van der Waals surface area contributed by atoms with Crippen molar-refractivity contribution in [3.8, 4) is 0 Å². The molecule has 1 aliphatic carbocycles. The molecule has 0 aromatic rings. The van der Waals surface area contributed by atoms with Crippen molar-refractivity contribution in [1.29, 1.82) is 0 Å². The minimum absolute atomic E-state index is 0.255. The van der Waals surface area contributed by atoms with Crippen molar-refractivity contribution in [2.75, 3.05) is 6.61 Å². The highest BCUT2D eigenvalue weighted by molar-refractivity contribution is 6.25. The molecule has 0 aromatic heterocycles. The highest BCUT2D eigenvalue weighted by Crippen LogP contribution is 2.36. The highest BCUT2D eigenvalue weighted by Gasteiger charge is 2.34. The predicted molar refractivity (Wildman–Crippen MR) is 51.4 cm³/mol. The van der Waals surface area contributed by atoms with Gasteiger partial charge in [0.05, 0.1) is 5.71 Å². The van der Waals surface area contributed by atoms with Crippen molar-refractivity contribution in [2.45, 2.75) is 26.7 Å². The molecule has 0 aromatic carbocycles. The van der Waals surface area contributed by atoms with Gasteiger partial charge in [0.25, 0.3) is 0 Å². The molecule has 0 aliphatic heterocycles. The van der Waals surface area contributed by atoms with Gasteiger partial charge in [0.1, 0.15) is 6.61 Å². The van der Waals surface area contributed by atoms with Crippen LogP contribution in [-0.4, -0.2) is 12.3 Å². The van der Waals surface area contributed by atoms with E-state index in [2.05, 4.69) is 19.0 Å². The molecule has 0 atom stereocenters. The van der Waals surface area contributed by atoms with Crippen molar-refractivity contribution >= 4 is 17.3 Å². The summed E-state index contributed by atoms with van der Waals surface area (Å²) in [4.78, 5) is 5.03. The largest absolute Gasteiger partial charge is 0.392 e. The summed E-state index contributed by atoms with van der Waals surface area (Å²) in [5.41, 5.74) is 2.85. The average Bonchev–Trinajstić information content (AvgIpc) is 2.02. The van der Waals surface area contributed by atoms with E-state index < -0.39 is 0 Å². The molecule has 0 bridgehead atoms. The van der Waals surface area contributed by atoms with Gasteiger partial charge in [-0.25, -0.2) is 0 Å². The molecule has 0 radical (unpaired) electrons. The van der Waals surface area contributed by atoms with Crippen molar-refractivity contribution in [2.24, 2.45) is 10.6 Å². The second kappa shape index (κ2) is 3.94. The molecule has 1 saturated carbocycles. The van der Waals surface area contributed by atoms with Gasteiger partial charge in [0.2, 0.25) is 0 Å². The summed E-state index contributed by atoms with van der Waals surface area (Å²) in [6.45, 7) is 4.81. The van der Waals surface area contributed by atoms with E-state index in [1.165, 1.54) is 12.0 Å². The molecule has 1 fully saturated rings. The number of hydrogen-bond donors (Lipinski definition) is 0. The lowest BCUT2D eigenvalue weighted by Gasteiger charge is -2.35. The Labute approximate surface area is 78.2 Å². The zero-order valence-electron chi connectivity index (χ0n) is 7.51. The van der Waals surface area contributed by atoms with E-state index >= 15 is 0 Å². The van der Waals surface area contributed by atoms with Crippen LogP contribution in [0.2, 0.25) is 0 Å². The predicted octanol–water partition coefficient (Wildman–Crippen LogP) is 2.93. The monoisotopic (exact) mass is 187 g/mol. The molecule has 0 saturated heterocycles. The van der Waals surface area contributed by atoms with Gasteiger partial charge in [0.15, 0.2) is 0 Å². The summed E-state index contributed by atoms with van der Waals surface area (Å²) in [6.07, 6.45) is 4.00. The highest BCUT2D eigenvalue weighted by atomic mass is 35.5. The van der Waals surface area contributed by atoms with E-state index in [1.54, 1.807) is 6.08 Å². The summed E-state index contributed by atoms with van der Waals surface area (Å²) < 4.78 is 0. The van der Waals surface area contributed by atoms with E-state index in [1.807, 2.05) is 0 Å². The zero-order chi connectivity index (χ0) is 9.03. The lowest BCUT2D eigenvalue weighted by Crippen LogP contribution is -2.35. The van der Waals surface area contributed by atoms with Gasteiger partial charge in [-0.15, -0.1) is 0 Å². The Hall–Kier alpha value is -0.500. The molecule has 0 unspecified atom stereocenters. The topological polar surface area (TPSA) is 21.6 Å². The quantitative estimate of drug-likeness (QED) is 0.492. The number of rotatable bonds is 3. The van der Waals surface area contributed by atoms with Gasteiger partial charge < -0.3 is 4.84 Å². The molecule has 3 heteroatoms. The van der Waals surface area contributed by atoms with Crippen LogP contribution in [0, 0.1) is 5.41 Å². The van der Waals surface area contributed by atoms with E-state index in [0.29, 0.717) is 6.61 Å². The van der Waals surface area contributed by atoms with Crippen LogP contribution in [0.4, 0.5) is 0 Å². The second-order valence-electron chi connectivity index (χ2n) is 3.58. The molecule has 1 aliphatic rings. The Morgan fingerprint density at radius 2 is 2.42 bits per heavy atom. The van der Waals surface area contributed by atoms with Gasteiger partial charge in [-0.3, -0.25) is 0 Å². The van der Waals surface area contributed by atoms with Crippen LogP contribution in [0.3, 0.4) is 0 Å². The summed E-state index contributed by atoms with van der Waals surface area (Å²) in [6, 6.07) is 0. The van der Waals surface area contributed by atoms with Gasteiger partial charge in [0, 0.05) is 11.0 Å². The van der Waals surface area contributed by atoms with Crippen molar-refractivity contribution < 1.29 is 4.84 Å². The third kappa shape index (κ3) is 2.24. The maximum absolute atomic E-state index is 5.31. The van der Waals surface area contributed by atoms with E-state index in [9.17, 15) is 0 Å². The average molecular weight is 188 g/mol. The molecule has 12 heavy (non-hydrogen) atoms. The van der Waals surface area contributed by atoms with Crippen LogP contribution in [-0.2, 0) is 4.84 Å². The standard InChI is InChI=1S/C9H14ClNO/c1-9(2)5-4-8(9)11-12-7-3-6-10/h3,6H,4-5,7H2,1-2H3/b6-3+,11-8+. The summed E-state index contributed by atoms with van der Waals surface area (Å²) in [5, 5.41) is 4.03. The van der Waals surface area contributed by atoms with Crippen molar-refractivity contribution in [1.82, 2.24) is 0 Å². The maximum atomic E-state index is 5.31. The van der Waals surface area contributed by atoms with E-state index in [0.717, 1.165) is 12.1 Å². The Bertz CT molecular complexity index is 209. The number of nitrogens with zero attached hydrogens (tertiary/aromatic N) is 1. The first-order valence-corrected chi connectivity index (χ1v) is 4.55. The first-order chi connectivity index (χ1) is 5.67. The fourth-order valence-corrected chi connectivity index (χ4v) is 1.17. The minimum atomic E-state index is 0.255. The molecule has 0 N–H and O–H groups in total. The zero-order valence-corrected chi connectivity index (χ0v) is 8.27. The lowest BCUT2D eigenvalue weighted by atomic mass is 9.70. The molecule has 2 nitrogen and oxygen atoms in total. The Kier molecular flexibility index (Phi) is 3.15. The van der Waals surface area contributed by atoms with Crippen molar-refractivity contribution in [3.05, 3.63) is 11.6 Å². The summed E-state index contributed by atoms with van der Waals surface area (Å²) >= 11 is 5.31. The first kappa shape index (κ1) is 9.59. The lowest BCUT2D eigenvalue weighted by molar-refractivity contribution is 0.164. The van der Waals surface area contributed by atoms with Crippen LogP contribution in [0.15, 0.2) is 16.8 Å². The molecular formula is C9H14ClNO. The normalized spacial score (nSPS) is 24.4. The van der Waals surface area contributed by atoms with Crippen molar-refractivity contribution in [3.63, 3.8) is 0 Å². The number of hydrogen-bond acceptors (Lipinski definition) is 2. The van der Waals surface area contributed by atoms with Crippen LogP contribution < -0.4 is 0 Å². The van der Waals surface area contributed by atoms with Crippen LogP contribution in [0.5, 0.6) is 0 Å². The molecule has 68 valence electrons. The van der Waals surface area contributed by atoms with Gasteiger partial charge >= 0.3 is 0 Å². The molecule has 1 rings (SSSR count). The Morgan fingerprint density at radius 1 is 1.67 bits per heavy atom. The fraction of sp³-hybridized carbons (Fsp3) is 0.667. The molecule has 0 spiro atoms. The SMILES string of the molecule is CC1(C)CC/C1=N\OC/C=C/Cl. The first-order valence-electron chi connectivity index (χ1n) is 4.11. The third-order valence-corrected chi connectivity index (χ3v) is 2.38. The van der Waals surface area contributed by atoms with Crippen LogP contribution in [0.1, 0.15) is 26.7 Å². The van der Waals surface area contributed by atoms with Gasteiger partial charge in [-0.05, 0) is 18.9 Å². The number of oxime groups is 1. The minimum Gasteiger partial charge on any atom is -0.392 e. The Balaban J connectivity index is 2.28. The van der Waals surface area contributed by atoms with E-state index in [4.69, 9.17) is 16.4 Å². The summed E-state index contributed by atoms with van der Waals surface area (Å²) in [5.74, 6) is 0. The second-order valence-corrected chi connectivity index (χ2v) is 3.83. The Morgan fingerprint density at radius 3 is 2.83 bits per heavy atom. The van der Waals surface area contributed by atoms with Gasteiger partial charge in [-0.1, -0.05) is 30.6 Å². The maximum Gasteiger partial charge on any atom is 0.136 e. The smallest absolute Gasteiger partial charge is 0.136 e. The van der Waals surface area contributed by atoms with Crippen LogP contribution in [0.25, 0.3) is 0 Å².